The first-order valence-electron chi connectivity index (χ1n) is 6.17. The molecule has 1 aromatic rings. The minimum atomic E-state index is -0.322. The Morgan fingerprint density at radius 1 is 1.11 bits per heavy atom. The number of methoxy groups -OCH3 is 2. The number of hydrogen-bond acceptors (Lipinski definition) is 4. The van der Waals surface area contributed by atoms with E-state index in [2.05, 4.69) is 5.32 Å². The van der Waals surface area contributed by atoms with Crippen molar-refractivity contribution in [2.45, 2.75) is 26.5 Å². The first-order chi connectivity index (χ1) is 8.56. The van der Waals surface area contributed by atoms with Gasteiger partial charge >= 0.3 is 0 Å². The molecule has 4 heteroatoms. The molecular formula is C14H23NO3. The zero-order chi connectivity index (χ0) is 13.5. The van der Waals surface area contributed by atoms with Gasteiger partial charge in [0, 0.05) is 19.2 Å². The molecule has 0 radical (unpaired) electrons. The molecule has 1 aromatic carbocycles. The Kier molecular flexibility index (Phi) is 5.95. The van der Waals surface area contributed by atoms with Crippen LogP contribution in [-0.2, 0) is 6.54 Å². The van der Waals surface area contributed by atoms with E-state index in [0.29, 0.717) is 13.1 Å². The lowest BCUT2D eigenvalue weighted by molar-refractivity contribution is 0.123. The zero-order valence-corrected chi connectivity index (χ0v) is 11.6. The third-order valence-corrected chi connectivity index (χ3v) is 2.86. The molecule has 0 aliphatic carbocycles. The summed E-state index contributed by atoms with van der Waals surface area (Å²) in [6, 6.07) is 5.75. The number of aliphatic hydroxyl groups is 1. The minimum Gasteiger partial charge on any atom is -0.497 e. The Morgan fingerprint density at radius 2 is 1.67 bits per heavy atom. The van der Waals surface area contributed by atoms with Crippen LogP contribution >= 0.6 is 0 Å². The Morgan fingerprint density at radius 3 is 2.11 bits per heavy atom. The van der Waals surface area contributed by atoms with E-state index in [9.17, 15) is 5.11 Å². The summed E-state index contributed by atoms with van der Waals surface area (Å²) in [7, 11) is 3.27. The fraction of sp³-hybridized carbons (Fsp3) is 0.571. The molecule has 18 heavy (non-hydrogen) atoms. The summed E-state index contributed by atoms with van der Waals surface area (Å²) in [5.74, 6) is 1.81. The van der Waals surface area contributed by atoms with E-state index < -0.39 is 0 Å². The van der Waals surface area contributed by atoms with E-state index in [-0.39, 0.29) is 12.0 Å². The molecule has 0 aliphatic heterocycles. The van der Waals surface area contributed by atoms with E-state index in [0.717, 1.165) is 17.1 Å². The van der Waals surface area contributed by atoms with Crippen molar-refractivity contribution in [1.29, 1.82) is 0 Å². The second-order valence-corrected chi connectivity index (χ2v) is 4.66. The summed E-state index contributed by atoms with van der Waals surface area (Å²) in [5.41, 5.74) is 1.07. The molecule has 1 rings (SSSR count). The molecular weight excluding hydrogens is 230 g/mol. The maximum atomic E-state index is 9.69. The highest BCUT2D eigenvalue weighted by Gasteiger charge is 2.08. The molecule has 0 saturated carbocycles. The number of benzene rings is 1. The molecule has 4 nitrogen and oxygen atoms in total. The van der Waals surface area contributed by atoms with Gasteiger partial charge in [-0.2, -0.15) is 0 Å². The van der Waals surface area contributed by atoms with Crippen LogP contribution in [0.3, 0.4) is 0 Å². The molecule has 0 fully saturated rings. The van der Waals surface area contributed by atoms with Gasteiger partial charge in [0.1, 0.15) is 11.5 Å². The number of ether oxygens (including phenoxy) is 2. The SMILES string of the molecule is COc1cc(CNCC(O)C(C)C)cc(OC)c1. The maximum Gasteiger partial charge on any atom is 0.122 e. The number of rotatable bonds is 7. The van der Waals surface area contributed by atoms with E-state index in [1.807, 2.05) is 32.0 Å². The molecule has 0 aliphatic rings. The van der Waals surface area contributed by atoms with Gasteiger partial charge in [-0.25, -0.2) is 0 Å². The first kappa shape index (κ1) is 14.8. The van der Waals surface area contributed by atoms with Crippen molar-refractivity contribution in [3.05, 3.63) is 23.8 Å². The van der Waals surface area contributed by atoms with Crippen molar-refractivity contribution >= 4 is 0 Å². The standard InChI is InChI=1S/C14H23NO3/c1-10(2)14(16)9-15-8-11-5-12(17-3)7-13(6-11)18-4/h5-7,10,14-16H,8-9H2,1-4H3. The van der Waals surface area contributed by atoms with Gasteiger partial charge in [-0.15, -0.1) is 0 Å². The van der Waals surface area contributed by atoms with Gasteiger partial charge in [0.25, 0.3) is 0 Å². The fourth-order valence-corrected chi connectivity index (χ4v) is 1.57. The monoisotopic (exact) mass is 253 g/mol. The minimum absolute atomic E-state index is 0.261. The third-order valence-electron chi connectivity index (χ3n) is 2.86. The van der Waals surface area contributed by atoms with Crippen LogP contribution in [0.15, 0.2) is 18.2 Å². The van der Waals surface area contributed by atoms with Gasteiger partial charge in [-0.3, -0.25) is 0 Å². The smallest absolute Gasteiger partial charge is 0.122 e. The Balaban J connectivity index is 2.56. The van der Waals surface area contributed by atoms with Crippen molar-refractivity contribution in [1.82, 2.24) is 5.32 Å². The van der Waals surface area contributed by atoms with E-state index in [1.54, 1.807) is 14.2 Å². The van der Waals surface area contributed by atoms with Crippen molar-refractivity contribution in [3.8, 4) is 11.5 Å². The van der Waals surface area contributed by atoms with Gasteiger partial charge in [0.2, 0.25) is 0 Å². The van der Waals surface area contributed by atoms with Gasteiger partial charge in [0.15, 0.2) is 0 Å². The van der Waals surface area contributed by atoms with Crippen LogP contribution in [0, 0.1) is 5.92 Å². The predicted molar refractivity (Wildman–Crippen MR) is 72.1 cm³/mol. The van der Waals surface area contributed by atoms with Crippen LogP contribution in [0.2, 0.25) is 0 Å². The molecule has 0 aromatic heterocycles. The largest absolute Gasteiger partial charge is 0.497 e. The number of nitrogens with one attached hydrogen (secondary N) is 1. The average Bonchev–Trinajstić information content (AvgIpc) is 2.37. The number of hydrogen-bond donors (Lipinski definition) is 2. The van der Waals surface area contributed by atoms with Crippen molar-refractivity contribution < 1.29 is 14.6 Å². The summed E-state index contributed by atoms with van der Waals surface area (Å²) in [4.78, 5) is 0. The summed E-state index contributed by atoms with van der Waals surface area (Å²) < 4.78 is 10.4. The van der Waals surface area contributed by atoms with Gasteiger partial charge in [0.05, 0.1) is 20.3 Å². The first-order valence-corrected chi connectivity index (χ1v) is 6.17. The van der Waals surface area contributed by atoms with Crippen LogP contribution in [-0.4, -0.2) is 32.0 Å². The Labute approximate surface area is 109 Å². The normalized spacial score (nSPS) is 12.6. The maximum absolute atomic E-state index is 9.69. The summed E-state index contributed by atoms with van der Waals surface area (Å²) >= 11 is 0. The topological polar surface area (TPSA) is 50.7 Å². The molecule has 0 spiro atoms. The average molecular weight is 253 g/mol. The van der Waals surface area contributed by atoms with Crippen LogP contribution in [0.25, 0.3) is 0 Å². The predicted octanol–water partition coefficient (Wildman–Crippen LogP) is 1.81. The molecule has 2 N–H and O–H groups in total. The van der Waals surface area contributed by atoms with E-state index >= 15 is 0 Å². The second kappa shape index (κ2) is 7.24. The van der Waals surface area contributed by atoms with E-state index in [4.69, 9.17) is 9.47 Å². The molecule has 102 valence electrons. The van der Waals surface area contributed by atoms with Gasteiger partial charge < -0.3 is 19.9 Å². The van der Waals surface area contributed by atoms with Crippen LogP contribution in [0.1, 0.15) is 19.4 Å². The zero-order valence-electron chi connectivity index (χ0n) is 11.6. The highest BCUT2D eigenvalue weighted by molar-refractivity contribution is 5.38. The third kappa shape index (κ3) is 4.55. The van der Waals surface area contributed by atoms with Crippen molar-refractivity contribution in [3.63, 3.8) is 0 Å². The molecule has 1 atom stereocenters. The van der Waals surface area contributed by atoms with Crippen LogP contribution in [0.5, 0.6) is 11.5 Å². The van der Waals surface area contributed by atoms with E-state index in [1.165, 1.54) is 0 Å². The Bertz CT molecular complexity index is 344. The quantitative estimate of drug-likeness (QED) is 0.778. The summed E-state index contributed by atoms with van der Waals surface area (Å²) in [5, 5.41) is 12.9. The molecule has 0 amide bonds. The lowest BCUT2D eigenvalue weighted by atomic mass is 10.1. The van der Waals surface area contributed by atoms with Crippen LogP contribution < -0.4 is 14.8 Å². The molecule has 0 bridgehead atoms. The molecule has 0 saturated heterocycles. The van der Waals surface area contributed by atoms with Crippen LogP contribution in [0.4, 0.5) is 0 Å². The fourth-order valence-electron chi connectivity index (χ4n) is 1.57. The molecule has 0 heterocycles. The lowest BCUT2D eigenvalue weighted by Gasteiger charge is -2.15. The highest BCUT2D eigenvalue weighted by Crippen LogP contribution is 2.22. The van der Waals surface area contributed by atoms with Crippen molar-refractivity contribution in [2.24, 2.45) is 5.92 Å². The lowest BCUT2D eigenvalue weighted by Crippen LogP contribution is -2.30. The number of aliphatic hydroxyl groups excluding tert-OH is 1. The summed E-state index contributed by atoms with van der Waals surface area (Å²) in [6.07, 6.45) is -0.322. The van der Waals surface area contributed by atoms with Gasteiger partial charge in [-0.05, 0) is 23.6 Å². The Hall–Kier alpha value is -1.26. The highest BCUT2D eigenvalue weighted by atomic mass is 16.5. The van der Waals surface area contributed by atoms with Gasteiger partial charge in [-0.1, -0.05) is 13.8 Å². The summed E-state index contributed by atoms with van der Waals surface area (Å²) in [6.45, 7) is 5.26. The molecule has 1 unspecified atom stereocenters. The van der Waals surface area contributed by atoms with Crippen molar-refractivity contribution in [2.75, 3.05) is 20.8 Å². The second-order valence-electron chi connectivity index (χ2n) is 4.66.